The smallest absolute Gasteiger partial charge is 0.0992 e. The van der Waals surface area contributed by atoms with Gasteiger partial charge in [0.2, 0.25) is 0 Å². The number of ether oxygens (including phenoxy) is 1. The number of hydrogen-bond donors (Lipinski definition) is 0. The number of anilines is 1. The van der Waals surface area contributed by atoms with E-state index in [2.05, 4.69) is 24.0 Å². The van der Waals surface area contributed by atoms with Crippen molar-refractivity contribution in [1.29, 1.82) is 5.26 Å². The van der Waals surface area contributed by atoms with E-state index in [1.807, 2.05) is 12.1 Å². The molecule has 3 heteroatoms. The number of nitrogens with zero attached hydrogens (tertiary/aromatic N) is 2. The summed E-state index contributed by atoms with van der Waals surface area (Å²) in [5.41, 5.74) is 3.24. The molecule has 0 atom stereocenters. The molecule has 1 aliphatic rings. The van der Waals surface area contributed by atoms with Crippen molar-refractivity contribution in [3.8, 4) is 6.07 Å². The van der Waals surface area contributed by atoms with Gasteiger partial charge in [0.1, 0.15) is 0 Å². The van der Waals surface area contributed by atoms with Gasteiger partial charge < -0.3 is 9.64 Å². The van der Waals surface area contributed by atoms with Crippen LogP contribution in [-0.2, 0) is 11.2 Å². The van der Waals surface area contributed by atoms with Crippen LogP contribution in [0.3, 0.4) is 0 Å². The minimum atomic E-state index is 0.735. The monoisotopic (exact) mass is 216 g/mol. The van der Waals surface area contributed by atoms with Gasteiger partial charge in [-0.1, -0.05) is 13.0 Å². The summed E-state index contributed by atoms with van der Waals surface area (Å²) in [6.45, 7) is 5.54. The fraction of sp³-hybridized carbons (Fsp3) is 0.462. The summed E-state index contributed by atoms with van der Waals surface area (Å²) < 4.78 is 5.34. The summed E-state index contributed by atoms with van der Waals surface area (Å²) in [4.78, 5) is 2.31. The van der Waals surface area contributed by atoms with Crippen LogP contribution in [0.2, 0.25) is 0 Å². The van der Waals surface area contributed by atoms with Crippen LogP contribution in [0.15, 0.2) is 18.2 Å². The van der Waals surface area contributed by atoms with Crippen LogP contribution in [0, 0.1) is 11.3 Å². The van der Waals surface area contributed by atoms with Gasteiger partial charge in [0.15, 0.2) is 0 Å². The molecule has 1 saturated heterocycles. The molecule has 2 rings (SSSR count). The van der Waals surface area contributed by atoms with Gasteiger partial charge in [-0.05, 0) is 24.1 Å². The second kappa shape index (κ2) is 5.00. The van der Waals surface area contributed by atoms with Crippen molar-refractivity contribution in [3.63, 3.8) is 0 Å². The summed E-state index contributed by atoms with van der Waals surface area (Å²) in [7, 11) is 0. The number of hydrogen-bond acceptors (Lipinski definition) is 3. The maximum Gasteiger partial charge on any atom is 0.0992 e. The quantitative estimate of drug-likeness (QED) is 0.758. The molecule has 1 aromatic carbocycles. The maximum absolute atomic E-state index is 8.93. The molecule has 0 N–H and O–H groups in total. The van der Waals surface area contributed by atoms with E-state index in [1.54, 1.807) is 0 Å². The highest BCUT2D eigenvalue weighted by Gasteiger charge is 2.14. The summed E-state index contributed by atoms with van der Waals surface area (Å²) in [6, 6.07) is 8.14. The number of rotatable bonds is 2. The predicted molar refractivity (Wildman–Crippen MR) is 63.6 cm³/mol. The first-order valence-corrected chi connectivity index (χ1v) is 5.71. The van der Waals surface area contributed by atoms with Gasteiger partial charge in [0.05, 0.1) is 24.8 Å². The van der Waals surface area contributed by atoms with E-state index in [9.17, 15) is 0 Å². The van der Waals surface area contributed by atoms with Gasteiger partial charge >= 0.3 is 0 Å². The first-order chi connectivity index (χ1) is 7.85. The fourth-order valence-electron chi connectivity index (χ4n) is 2.03. The van der Waals surface area contributed by atoms with Gasteiger partial charge in [-0.25, -0.2) is 0 Å². The van der Waals surface area contributed by atoms with Crippen LogP contribution in [0.25, 0.3) is 0 Å². The normalized spacial score (nSPS) is 15.9. The lowest BCUT2D eigenvalue weighted by atomic mass is 10.1. The summed E-state index contributed by atoms with van der Waals surface area (Å²) in [6.07, 6.45) is 0.998. The lowest BCUT2D eigenvalue weighted by molar-refractivity contribution is 0.122. The van der Waals surface area contributed by atoms with Gasteiger partial charge in [-0.15, -0.1) is 0 Å². The van der Waals surface area contributed by atoms with Crippen LogP contribution in [0.4, 0.5) is 5.69 Å². The lowest BCUT2D eigenvalue weighted by Crippen LogP contribution is -2.36. The van der Waals surface area contributed by atoms with Gasteiger partial charge in [-0.2, -0.15) is 5.26 Å². The Hall–Kier alpha value is -1.53. The van der Waals surface area contributed by atoms with Gasteiger partial charge in [-0.3, -0.25) is 0 Å². The minimum Gasteiger partial charge on any atom is -0.378 e. The fourth-order valence-corrected chi connectivity index (χ4v) is 2.03. The van der Waals surface area contributed by atoms with E-state index in [0.717, 1.165) is 38.3 Å². The molecule has 16 heavy (non-hydrogen) atoms. The first-order valence-electron chi connectivity index (χ1n) is 5.71. The van der Waals surface area contributed by atoms with Crippen molar-refractivity contribution in [1.82, 2.24) is 0 Å². The molecule has 1 aromatic rings. The third-order valence-corrected chi connectivity index (χ3v) is 2.95. The third kappa shape index (κ3) is 2.17. The first kappa shape index (κ1) is 11.0. The highest BCUT2D eigenvalue weighted by molar-refractivity contribution is 5.58. The Labute approximate surface area is 96.2 Å². The molecular weight excluding hydrogens is 200 g/mol. The molecule has 0 radical (unpaired) electrons. The average Bonchev–Trinajstić information content (AvgIpc) is 2.39. The van der Waals surface area contributed by atoms with E-state index in [-0.39, 0.29) is 0 Å². The summed E-state index contributed by atoms with van der Waals surface area (Å²) in [5, 5.41) is 8.93. The Morgan fingerprint density at radius 2 is 2.12 bits per heavy atom. The second-order valence-electron chi connectivity index (χ2n) is 3.91. The molecule has 0 saturated carbocycles. The Kier molecular flexibility index (Phi) is 3.43. The molecule has 84 valence electrons. The highest BCUT2D eigenvalue weighted by atomic mass is 16.5. The number of nitriles is 1. The highest BCUT2D eigenvalue weighted by Crippen LogP contribution is 2.23. The Morgan fingerprint density at radius 1 is 1.38 bits per heavy atom. The van der Waals surface area contributed by atoms with Crippen LogP contribution < -0.4 is 4.90 Å². The standard InChI is InChI=1S/C13H16N2O/c1-2-12-4-3-11(10-14)9-13(12)15-5-7-16-8-6-15/h3-4,9H,2,5-8H2,1H3. The largest absolute Gasteiger partial charge is 0.378 e. The lowest BCUT2D eigenvalue weighted by Gasteiger charge is -2.30. The zero-order valence-electron chi connectivity index (χ0n) is 9.57. The Bertz CT molecular complexity index is 403. The van der Waals surface area contributed by atoms with Crippen molar-refractivity contribution >= 4 is 5.69 Å². The van der Waals surface area contributed by atoms with Crippen LogP contribution in [0.1, 0.15) is 18.1 Å². The zero-order chi connectivity index (χ0) is 11.4. The molecular formula is C13H16N2O. The minimum absolute atomic E-state index is 0.735. The summed E-state index contributed by atoms with van der Waals surface area (Å²) >= 11 is 0. The molecule has 0 amide bonds. The zero-order valence-corrected chi connectivity index (χ0v) is 9.57. The summed E-state index contributed by atoms with van der Waals surface area (Å²) in [5.74, 6) is 0. The van der Waals surface area contributed by atoms with Crippen molar-refractivity contribution in [2.75, 3.05) is 31.2 Å². The van der Waals surface area contributed by atoms with Crippen molar-refractivity contribution < 1.29 is 4.74 Å². The molecule has 1 fully saturated rings. The molecule has 0 aromatic heterocycles. The van der Waals surface area contributed by atoms with E-state index in [4.69, 9.17) is 10.00 Å². The number of aryl methyl sites for hydroxylation is 1. The Balaban J connectivity index is 2.32. The molecule has 1 aliphatic heterocycles. The molecule has 0 unspecified atom stereocenters. The van der Waals surface area contributed by atoms with Crippen molar-refractivity contribution in [3.05, 3.63) is 29.3 Å². The van der Waals surface area contributed by atoms with E-state index >= 15 is 0 Å². The second-order valence-corrected chi connectivity index (χ2v) is 3.91. The number of benzene rings is 1. The molecule has 0 bridgehead atoms. The molecule has 3 nitrogen and oxygen atoms in total. The van der Waals surface area contributed by atoms with Crippen LogP contribution in [0.5, 0.6) is 0 Å². The van der Waals surface area contributed by atoms with Gasteiger partial charge in [0, 0.05) is 18.8 Å². The van der Waals surface area contributed by atoms with Crippen LogP contribution in [-0.4, -0.2) is 26.3 Å². The maximum atomic E-state index is 8.93. The van der Waals surface area contributed by atoms with E-state index in [1.165, 1.54) is 11.3 Å². The molecule has 0 aliphatic carbocycles. The Morgan fingerprint density at radius 3 is 2.75 bits per heavy atom. The predicted octanol–water partition coefficient (Wildman–Crippen LogP) is 1.96. The van der Waals surface area contributed by atoms with E-state index in [0.29, 0.717) is 0 Å². The number of morpholine rings is 1. The van der Waals surface area contributed by atoms with Gasteiger partial charge in [0.25, 0.3) is 0 Å². The topological polar surface area (TPSA) is 36.3 Å². The molecule has 0 spiro atoms. The molecule has 1 heterocycles. The van der Waals surface area contributed by atoms with Crippen molar-refractivity contribution in [2.45, 2.75) is 13.3 Å². The van der Waals surface area contributed by atoms with Crippen molar-refractivity contribution in [2.24, 2.45) is 0 Å². The van der Waals surface area contributed by atoms with Crippen LogP contribution >= 0.6 is 0 Å². The average molecular weight is 216 g/mol. The van der Waals surface area contributed by atoms with E-state index < -0.39 is 0 Å². The third-order valence-electron chi connectivity index (χ3n) is 2.95. The SMILES string of the molecule is CCc1ccc(C#N)cc1N1CCOCC1.